The summed E-state index contributed by atoms with van der Waals surface area (Å²) in [7, 11) is -4.79. The second-order valence-corrected chi connectivity index (χ2v) is 7.54. The van der Waals surface area contributed by atoms with E-state index in [1.165, 1.54) is 32.1 Å². The normalized spacial score (nSPS) is 22.6. The van der Waals surface area contributed by atoms with Crippen molar-refractivity contribution in [3.05, 3.63) is 53.1 Å². The van der Waals surface area contributed by atoms with E-state index < -0.39 is 55.2 Å². The summed E-state index contributed by atoms with van der Waals surface area (Å²) in [5.41, 5.74) is -2.42. The molecule has 9 heteroatoms. The first-order chi connectivity index (χ1) is 11.9. The van der Waals surface area contributed by atoms with Crippen LogP contribution in [0.1, 0.15) is 22.8 Å². The van der Waals surface area contributed by atoms with E-state index >= 15 is 0 Å². The van der Waals surface area contributed by atoms with Gasteiger partial charge in [0.25, 0.3) is 10.1 Å². The SMILES string of the molecule is Cc1ccc(C(=O)C2C(C(=O)O)=CC=CC2(C)C(=O)O)c(S(=O)(=O)O)c1. The molecule has 0 saturated heterocycles. The molecular formula is C17H16O8S. The van der Waals surface area contributed by atoms with Crippen molar-refractivity contribution in [1.29, 1.82) is 0 Å². The maximum Gasteiger partial charge on any atom is 0.332 e. The first kappa shape index (κ1) is 19.5. The van der Waals surface area contributed by atoms with Crippen LogP contribution < -0.4 is 0 Å². The van der Waals surface area contributed by atoms with E-state index in [4.69, 9.17) is 0 Å². The standard InChI is InChI=1S/C17H16O8S/c1-9-5-6-10(12(8-9)26(23,24)25)14(18)13-11(15(19)20)4-3-7-17(13,2)16(21)22/h3-8,13H,1-2H3,(H,19,20)(H,21,22)(H,23,24,25). The van der Waals surface area contributed by atoms with Crippen molar-refractivity contribution in [3.63, 3.8) is 0 Å². The van der Waals surface area contributed by atoms with Gasteiger partial charge in [-0.3, -0.25) is 14.1 Å². The number of hydrogen-bond donors (Lipinski definition) is 3. The van der Waals surface area contributed by atoms with Gasteiger partial charge in [0.15, 0.2) is 5.78 Å². The number of carbonyl (C=O) groups excluding carboxylic acids is 1. The van der Waals surface area contributed by atoms with Gasteiger partial charge in [0.1, 0.15) is 4.90 Å². The molecule has 3 N–H and O–H groups in total. The van der Waals surface area contributed by atoms with Crippen molar-refractivity contribution in [3.8, 4) is 0 Å². The molecule has 0 aliphatic heterocycles. The molecule has 1 aliphatic carbocycles. The second kappa shape index (κ2) is 6.50. The van der Waals surface area contributed by atoms with Gasteiger partial charge in [0, 0.05) is 11.1 Å². The Bertz CT molecular complexity index is 970. The summed E-state index contributed by atoms with van der Waals surface area (Å²) < 4.78 is 32.7. The van der Waals surface area contributed by atoms with E-state index in [9.17, 15) is 37.6 Å². The summed E-state index contributed by atoms with van der Waals surface area (Å²) in [6.45, 7) is 2.71. The third kappa shape index (κ3) is 3.31. The molecule has 0 radical (unpaired) electrons. The maximum atomic E-state index is 13.0. The van der Waals surface area contributed by atoms with E-state index in [1.807, 2.05) is 0 Å². The van der Waals surface area contributed by atoms with E-state index in [0.29, 0.717) is 5.56 Å². The monoisotopic (exact) mass is 380 g/mol. The fraction of sp³-hybridized carbons (Fsp3) is 0.235. The lowest BCUT2D eigenvalue weighted by molar-refractivity contribution is -0.147. The molecule has 0 bridgehead atoms. The Balaban J connectivity index is 2.74. The third-order valence-electron chi connectivity index (χ3n) is 4.28. The second-order valence-electron chi connectivity index (χ2n) is 6.15. The van der Waals surface area contributed by atoms with Crippen LogP contribution in [0, 0.1) is 18.3 Å². The molecule has 2 atom stereocenters. The Morgan fingerprint density at radius 1 is 1.15 bits per heavy atom. The highest BCUT2D eigenvalue weighted by molar-refractivity contribution is 7.86. The fourth-order valence-electron chi connectivity index (χ4n) is 2.87. The summed E-state index contributed by atoms with van der Waals surface area (Å²) in [4.78, 5) is 35.6. The van der Waals surface area contributed by atoms with Crippen LogP contribution >= 0.6 is 0 Å². The zero-order valence-corrected chi connectivity index (χ0v) is 14.6. The highest BCUT2D eigenvalue weighted by Crippen LogP contribution is 2.41. The molecule has 0 amide bonds. The largest absolute Gasteiger partial charge is 0.481 e. The number of carbonyl (C=O) groups is 3. The Kier molecular flexibility index (Phi) is 4.89. The lowest BCUT2D eigenvalue weighted by atomic mass is 9.67. The summed E-state index contributed by atoms with van der Waals surface area (Å²) in [6, 6.07) is 3.59. The number of carboxylic acids is 2. The van der Waals surface area contributed by atoms with Crippen LogP contribution in [0.3, 0.4) is 0 Å². The molecule has 2 unspecified atom stereocenters. The highest BCUT2D eigenvalue weighted by Gasteiger charge is 2.49. The summed E-state index contributed by atoms with van der Waals surface area (Å²) in [5, 5.41) is 18.9. The van der Waals surface area contributed by atoms with E-state index in [2.05, 4.69) is 0 Å². The third-order valence-corrected chi connectivity index (χ3v) is 5.17. The molecule has 0 aromatic heterocycles. The van der Waals surface area contributed by atoms with Gasteiger partial charge in [0.2, 0.25) is 0 Å². The van der Waals surface area contributed by atoms with Gasteiger partial charge in [-0.05, 0) is 31.5 Å². The van der Waals surface area contributed by atoms with Gasteiger partial charge in [-0.2, -0.15) is 8.42 Å². The molecule has 0 fully saturated rings. The van der Waals surface area contributed by atoms with Gasteiger partial charge in [-0.25, -0.2) is 4.79 Å². The minimum Gasteiger partial charge on any atom is -0.481 e. The molecular weight excluding hydrogens is 364 g/mol. The van der Waals surface area contributed by atoms with Crippen molar-refractivity contribution < 1.29 is 37.6 Å². The molecule has 138 valence electrons. The number of benzene rings is 1. The Labute approximate surface area is 149 Å². The summed E-state index contributed by atoms with van der Waals surface area (Å²) >= 11 is 0. The average Bonchev–Trinajstić information content (AvgIpc) is 2.52. The molecule has 2 rings (SSSR count). The van der Waals surface area contributed by atoms with E-state index in [-0.39, 0.29) is 0 Å². The Hall–Kier alpha value is -2.78. The molecule has 1 aliphatic rings. The predicted molar refractivity (Wildman–Crippen MR) is 89.4 cm³/mol. The van der Waals surface area contributed by atoms with Crippen molar-refractivity contribution in [2.75, 3.05) is 0 Å². The van der Waals surface area contributed by atoms with Gasteiger partial charge < -0.3 is 10.2 Å². The molecule has 1 aromatic carbocycles. The summed E-state index contributed by atoms with van der Waals surface area (Å²) in [6.07, 6.45) is 3.49. The predicted octanol–water partition coefficient (Wildman–Crippen LogP) is 1.71. The van der Waals surface area contributed by atoms with Crippen LogP contribution in [0.4, 0.5) is 0 Å². The topological polar surface area (TPSA) is 146 Å². The van der Waals surface area contributed by atoms with Crippen molar-refractivity contribution in [2.24, 2.45) is 11.3 Å². The average molecular weight is 380 g/mol. The van der Waals surface area contributed by atoms with E-state index in [1.54, 1.807) is 0 Å². The molecule has 1 aromatic rings. The number of aryl methyl sites for hydroxylation is 1. The number of carboxylic acid groups (broad SMARTS) is 2. The van der Waals surface area contributed by atoms with Crippen LogP contribution in [0.25, 0.3) is 0 Å². The minimum atomic E-state index is -4.79. The minimum absolute atomic E-state index is 0.438. The zero-order chi connectivity index (χ0) is 19.9. The zero-order valence-electron chi connectivity index (χ0n) is 13.8. The van der Waals surface area contributed by atoms with E-state index in [0.717, 1.165) is 18.2 Å². The molecule has 0 heterocycles. The molecule has 8 nitrogen and oxygen atoms in total. The lowest BCUT2D eigenvalue weighted by Crippen LogP contribution is -2.43. The molecule has 0 spiro atoms. The Morgan fingerprint density at radius 2 is 1.77 bits per heavy atom. The number of ketones is 1. The maximum absolute atomic E-state index is 13.0. The highest BCUT2D eigenvalue weighted by atomic mass is 32.2. The quantitative estimate of drug-likeness (QED) is 0.517. The van der Waals surface area contributed by atoms with Gasteiger partial charge in [-0.15, -0.1) is 0 Å². The van der Waals surface area contributed by atoms with Crippen molar-refractivity contribution >= 4 is 27.8 Å². The van der Waals surface area contributed by atoms with Crippen molar-refractivity contribution in [1.82, 2.24) is 0 Å². The number of allylic oxidation sites excluding steroid dienone is 2. The van der Waals surface area contributed by atoms with Crippen LogP contribution in [-0.4, -0.2) is 40.9 Å². The Morgan fingerprint density at radius 3 is 2.27 bits per heavy atom. The smallest absolute Gasteiger partial charge is 0.332 e. The number of aliphatic carboxylic acids is 2. The number of Topliss-reactive ketones (excluding diaryl/α,β-unsaturated/α-hetero) is 1. The van der Waals surface area contributed by atoms with Crippen LogP contribution in [-0.2, 0) is 19.7 Å². The van der Waals surface area contributed by atoms with Gasteiger partial charge in [-0.1, -0.05) is 24.3 Å². The first-order valence-electron chi connectivity index (χ1n) is 7.38. The molecule has 0 saturated carbocycles. The number of hydrogen-bond acceptors (Lipinski definition) is 5. The van der Waals surface area contributed by atoms with Gasteiger partial charge in [0.05, 0.1) is 11.3 Å². The molecule has 26 heavy (non-hydrogen) atoms. The van der Waals surface area contributed by atoms with Crippen LogP contribution in [0.5, 0.6) is 0 Å². The van der Waals surface area contributed by atoms with Gasteiger partial charge >= 0.3 is 11.9 Å². The lowest BCUT2D eigenvalue weighted by Gasteiger charge is -2.33. The van der Waals surface area contributed by atoms with Crippen LogP contribution in [0.2, 0.25) is 0 Å². The van der Waals surface area contributed by atoms with Crippen molar-refractivity contribution in [2.45, 2.75) is 18.7 Å². The first-order valence-corrected chi connectivity index (χ1v) is 8.82. The van der Waals surface area contributed by atoms with Crippen LogP contribution in [0.15, 0.2) is 46.9 Å². The fourth-order valence-corrected chi connectivity index (χ4v) is 3.65. The number of rotatable bonds is 5. The summed E-state index contributed by atoms with van der Waals surface area (Å²) in [5.74, 6) is -5.65.